The number of nitro benzene ring substituents is 2. The molecule has 0 spiro atoms. The molecule has 0 aliphatic rings. The SMILES string of the molecule is Nc1nnc(CNc2ccc([N+](=O)[O-])cc2[N+](=O)[O-])o1. The van der Waals surface area contributed by atoms with E-state index in [1.807, 2.05) is 0 Å². The van der Waals surface area contributed by atoms with Gasteiger partial charge in [0.15, 0.2) is 0 Å². The van der Waals surface area contributed by atoms with E-state index in [0.29, 0.717) is 0 Å². The zero-order valence-electron chi connectivity index (χ0n) is 9.85. The van der Waals surface area contributed by atoms with Crippen molar-refractivity contribution in [3.63, 3.8) is 0 Å². The summed E-state index contributed by atoms with van der Waals surface area (Å²) in [6.07, 6.45) is 0. The Balaban J connectivity index is 2.22. The van der Waals surface area contributed by atoms with Crippen molar-refractivity contribution < 1.29 is 14.3 Å². The highest BCUT2D eigenvalue weighted by Gasteiger charge is 2.19. The van der Waals surface area contributed by atoms with Gasteiger partial charge in [0.2, 0.25) is 5.89 Å². The molecule has 11 heteroatoms. The zero-order chi connectivity index (χ0) is 14.7. The van der Waals surface area contributed by atoms with Crippen LogP contribution in [-0.2, 0) is 6.54 Å². The lowest BCUT2D eigenvalue weighted by molar-refractivity contribution is -0.393. The molecule has 1 heterocycles. The molecule has 1 aromatic heterocycles. The molecule has 0 atom stereocenters. The first-order valence-electron chi connectivity index (χ1n) is 5.22. The minimum Gasteiger partial charge on any atom is -0.406 e. The minimum absolute atomic E-state index is 0.00283. The van der Waals surface area contributed by atoms with E-state index in [1.54, 1.807) is 0 Å². The monoisotopic (exact) mass is 280 g/mol. The Labute approximate surface area is 110 Å². The second kappa shape index (κ2) is 5.17. The lowest BCUT2D eigenvalue weighted by Crippen LogP contribution is -2.03. The number of aromatic nitrogens is 2. The summed E-state index contributed by atoms with van der Waals surface area (Å²) in [5, 5.41) is 31.1. The summed E-state index contributed by atoms with van der Waals surface area (Å²) in [7, 11) is 0. The van der Waals surface area contributed by atoms with Crippen LogP contribution in [0.25, 0.3) is 0 Å². The average molecular weight is 280 g/mol. The number of nitro groups is 2. The maximum absolute atomic E-state index is 10.9. The molecular formula is C9H8N6O5. The van der Waals surface area contributed by atoms with E-state index in [4.69, 9.17) is 10.2 Å². The van der Waals surface area contributed by atoms with Crippen molar-refractivity contribution in [1.29, 1.82) is 0 Å². The van der Waals surface area contributed by atoms with Crippen LogP contribution in [0.3, 0.4) is 0 Å². The van der Waals surface area contributed by atoms with Crippen LogP contribution < -0.4 is 11.1 Å². The summed E-state index contributed by atoms with van der Waals surface area (Å²) in [6, 6.07) is 3.12. The van der Waals surface area contributed by atoms with E-state index in [1.165, 1.54) is 6.07 Å². The van der Waals surface area contributed by atoms with Crippen molar-refractivity contribution in [2.75, 3.05) is 11.1 Å². The van der Waals surface area contributed by atoms with Crippen LogP contribution in [0, 0.1) is 20.2 Å². The molecule has 3 N–H and O–H groups in total. The Bertz CT molecular complexity index is 669. The third-order valence-electron chi connectivity index (χ3n) is 2.30. The molecule has 0 fully saturated rings. The largest absolute Gasteiger partial charge is 0.406 e. The molecule has 0 radical (unpaired) electrons. The number of nitrogens with zero attached hydrogens (tertiary/aromatic N) is 4. The predicted octanol–water partition coefficient (Wildman–Crippen LogP) is 1.08. The number of nitrogens with two attached hydrogens (primary N) is 1. The van der Waals surface area contributed by atoms with E-state index in [2.05, 4.69) is 15.5 Å². The van der Waals surface area contributed by atoms with Crippen LogP contribution in [0.2, 0.25) is 0 Å². The zero-order valence-corrected chi connectivity index (χ0v) is 9.85. The van der Waals surface area contributed by atoms with Crippen molar-refractivity contribution in [2.45, 2.75) is 6.54 Å². The molecule has 0 aliphatic carbocycles. The number of anilines is 2. The number of nitrogens with one attached hydrogen (secondary N) is 1. The van der Waals surface area contributed by atoms with Gasteiger partial charge in [-0.3, -0.25) is 20.2 Å². The number of hydrogen-bond donors (Lipinski definition) is 2. The summed E-state index contributed by atoms with van der Waals surface area (Å²) in [6.45, 7) is 0.00283. The van der Waals surface area contributed by atoms with Crippen LogP contribution in [0.5, 0.6) is 0 Å². The second-order valence-corrected chi connectivity index (χ2v) is 3.60. The summed E-state index contributed by atoms with van der Waals surface area (Å²) < 4.78 is 4.88. The minimum atomic E-state index is -0.725. The van der Waals surface area contributed by atoms with Gasteiger partial charge in [0, 0.05) is 6.07 Å². The van der Waals surface area contributed by atoms with Gasteiger partial charge in [0.05, 0.1) is 22.5 Å². The lowest BCUT2D eigenvalue weighted by atomic mass is 10.2. The van der Waals surface area contributed by atoms with E-state index in [-0.39, 0.29) is 29.8 Å². The molecule has 11 nitrogen and oxygen atoms in total. The Morgan fingerprint density at radius 3 is 2.55 bits per heavy atom. The molecule has 2 aromatic rings. The molecule has 20 heavy (non-hydrogen) atoms. The Hall–Kier alpha value is -3.24. The predicted molar refractivity (Wildman–Crippen MR) is 65.8 cm³/mol. The van der Waals surface area contributed by atoms with Crippen molar-refractivity contribution in [3.05, 3.63) is 44.3 Å². The molecule has 0 unspecified atom stereocenters. The number of nitrogen functional groups attached to an aromatic ring is 1. The van der Waals surface area contributed by atoms with Crippen molar-refractivity contribution in [3.8, 4) is 0 Å². The number of hydrogen-bond acceptors (Lipinski definition) is 9. The Morgan fingerprint density at radius 2 is 2.00 bits per heavy atom. The maximum atomic E-state index is 10.9. The second-order valence-electron chi connectivity index (χ2n) is 3.60. The summed E-state index contributed by atoms with van der Waals surface area (Å²) in [5.41, 5.74) is 4.53. The fourth-order valence-electron chi connectivity index (χ4n) is 1.44. The third kappa shape index (κ3) is 2.77. The summed E-state index contributed by atoms with van der Waals surface area (Å²) in [4.78, 5) is 20.0. The molecule has 0 saturated carbocycles. The molecule has 0 saturated heterocycles. The number of non-ortho nitro benzene ring substituents is 1. The number of rotatable bonds is 5. The Kier molecular flexibility index (Phi) is 3.41. The third-order valence-corrected chi connectivity index (χ3v) is 2.30. The van der Waals surface area contributed by atoms with Crippen LogP contribution in [0.4, 0.5) is 23.1 Å². The smallest absolute Gasteiger partial charge is 0.312 e. The molecule has 0 amide bonds. The lowest BCUT2D eigenvalue weighted by Gasteiger charge is -2.04. The van der Waals surface area contributed by atoms with Gasteiger partial charge in [0.25, 0.3) is 11.4 Å². The first-order chi connectivity index (χ1) is 9.47. The first kappa shape index (κ1) is 13.2. The highest BCUT2D eigenvalue weighted by atomic mass is 16.6. The topological polar surface area (TPSA) is 163 Å². The van der Waals surface area contributed by atoms with Crippen molar-refractivity contribution in [2.24, 2.45) is 0 Å². The van der Waals surface area contributed by atoms with Gasteiger partial charge in [-0.05, 0) is 6.07 Å². The molecule has 104 valence electrons. The molecule has 2 rings (SSSR count). The van der Waals surface area contributed by atoms with Gasteiger partial charge in [-0.1, -0.05) is 5.10 Å². The maximum Gasteiger partial charge on any atom is 0.312 e. The highest BCUT2D eigenvalue weighted by Crippen LogP contribution is 2.29. The standard InChI is InChI=1S/C9H8N6O5/c10-9-13-12-8(20-9)4-11-6-2-1-5(14(16)17)3-7(6)15(18)19/h1-3,11H,4H2,(H2,10,13). The Morgan fingerprint density at radius 1 is 1.25 bits per heavy atom. The van der Waals surface area contributed by atoms with Gasteiger partial charge < -0.3 is 15.5 Å². The van der Waals surface area contributed by atoms with Crippen LogP contribution in [-0.4, -0.2) is 20.0 Å². The van der Waals surface area contributed by atoms with E-state index in [9.17, 15) is 20.2 Å². The van der Waals surface area contributed by atoms with Gasteiger partial charge >= 0.3 is 6.01 Å². The molecular weight excluding hydrogens is 272 g/mol. The van der Waals surface area contributed by atoms with E-state index < -0.39 is 15.5 Å². The summed E-state index contributed by atoms with van der Waals surface area (Å²) >= 11 is 0. The first-order valence-corrected chi connectivity index (χ1v) is 5.22. The van der Waals surface area contributed by atoms with Crippen LogP contribution >= 0.6 is 0 Å². The van der Waals surface area contributed by atoms with Crippen molar-refractivity contribution in [1.82, 2.24) is 10.2 Å². The fraction of sp³-hybridized carbons (Fsp3) is 0.111. The van der Waals surface area contributed by atoms with Gasteiger partial charge in [-0.15, -0.1) is 5.10 Å². The molecule has 0 bridgehead atoms. The van der Waals surface area contributed by atoms with Crippen molar-refractivity contribution >= 4 is 23.1 Å². The van der Waals surface area contributed by atoms with Crippen LogP contribution in [0.15, 0.2) is 22.6 Å². The van der Waals surface area contributed by atoms with E-state index >= 15 is 0 Å². The van der Waals surface area contributed by atoms with Crippen LogP contribution in [0.1, 0.15) is 5.89 Å². The summed E-state index contributed by atoms with van der Waals surface area (Å²) in [5.74, 6) is 0.134. The van der Waals surface area contributed by atoms with Gasteiger partial charge in [0.1, 0.15) is 5.69 Å². The normalized spacial score (nSPS) is 10.2. The highest BCUT2D eigenvalue weighted by molar-refractivity contribution is 5.65. The molecule has 0 aliphatic heterocycles. The fourth-order valence-corrected chi connectivity index (χ4v) is 1.44. The quantitative estimate of drug-likeness (QED) is 0.602. The van der Waals surface area contributed by atoms with E-state index in [0.717, 1.165) is 12.1 Å². The number of benzene rings is 1. The molecule has 1 aromatic carbocycles. The van der Waals surface area contributed by atoms with Gasteiger partial charge in [-0.2, -0.15) is 0 Å². The average Bonchev–Trinajstić information content (AvgIpc) is 2.81. The van der Waals surface area contributed by atoms with Gasteiger partial charge in [-0.25, -0.2) is 0 Å².